The third-order valence-corrected chi connectivity index (χ3v) is 2.02. The summed E-state index contributed by atoms with van der Waals surface area (Å²) in [6, 6.07) is 0. The zero-order valence-electron chi connectivity index (χ0n) is 6.81. The van der Waals surface area contributed by atoms with Gasteiger partial charge in [0.2, 0.25) is 0 Å². The molecule has 0 fully saturated rings. The minimum atomic E-state index is -0.353. The molecule has 0 aromatic rings. The highest BCUT2D eigenvalue weighted by atomic mass is 16.1. The number of aldehydes is 1. The molecule has 1 unspecified atom stereocenters. The molecule has 1 aliphatic heterocycles. The van der Waals surface area contributed by atoms with Gasteiger partial charge in [0, 0.05) is 17.6 Å². The molecule has 13 heavy (non-hydrogen) atoms. The maximum Gasteiger partial charge on any atom is 0.270 e. The fraction of sp³-hybridized carbons (Fsp3) is 0.100. The molecule has 0 N–H and O–H groups in total. The van der Waals surface area contributed by atoms with Gasteiger partial charge >= 0.3 is 0 Å². The third-order valence-electron chi connectivity index (χ3n) is 2.02. The van der Waals surface area contributed by atoms with Gasteiger partial charge in [-0.1, -0.05) is 18.2 Å². The lowest BCUT2D eigenvalue weighted by molar-refractivity contribution is -0.114. The van der Waals surface area contributed by atoms with Gasteiger partial charge in [-0.15, -0.1) is 0 Å². The van der Waals surface area contributed by atoms with Crippen molar-refractivity contribution in [1.82, 2.24) is 0 Å². The van der Waals surface area contributed by atoms with E-state index in [4.69, 9.17) is 0 Å². The largest absolute Gasteiger partial charge is 0.298 e. The molecule has 3 heteroatoms. The van der Waals surface area contributed by atoms with Crippen LogP contribution in [0, 0.1) is 5.92 Å². The first kappa shape index (κ1) is 7.86. The molecule has 1 atom stereocenters. The SMILES string of the molecule is O=CC1=CC(=O)N=C2C=CC=CC12. The van der Waals surface area contributed by atoms with E-state index < -0.39 is 0 Å². The summed E-state index contributed by atoms with van der Waals surface area (Å²) in [6.07, 6.45) is 9.24. The van der Waals surface area contributed by atoms with Crippen LogP contribution in [0.5, 0.6) is 0 Å². The average molecular weight is 173 g/mol. The number of hydrogen-bond donors (Lipinski definition) is 0. The number of allylic oxidation sites excluding steroid dienone is 5. The van der Waals surface area contributed by atoms with Gasteiger partial charge in [-0.05, 0) is 6.08 Å². The van der Waals surface area contributed by atoms with Crippen LogP contribution in [0.3, 0.4) is 0 Å². The highest BCUT2D eigenvalue weighted by Crippen LogP contribution is 2.21. The lowest BCUT2D eigenvalue weighted by Gasteiger charge is -2.17. The smallest absolute Gasteiger partial charge is 0.270 e. The van der Waals surface area contributed by atoms with Crippen molar-refractivity contribution in [2.75, 3.05) is 0 Å². The molecule has 0 saturated carbocycles. The molecule has 3 nitrogen and oxygen atoms in total. The summed E-state index contributed by atoms with van der Waals surface area (Å²) < 4.78 is 0. The minimum Gasteiger partial charge on any atom is -0.298 e. The van der Waals surface area contributed by atoms with Crippen molar-refractivity contribution in [3.8, 4) is 0 Å². The quantitative estimate of drug-likeness (QED) is 0.551. The zero-order chi connectivity index (χ0) is 9.26. The van der Waals surface area contributed by atoms with Crippen LogP contribution in [-0.2, 0) is 9.59 Å². The number of aliphatic imine (C=N–C) groups is 1. The normalized spacial score (nSPS) is 24.9. The maximum absolute atomic E-state index is 11.0. The molecule has 0 aromatic carbocycles. The van der Waals surface area contributed by atoms with Crippen molar-refractivity contribution >= 4 is 17.9 Å². The van der Waals surface area contributed by atoms with Crippen LogP contribution >= 0.6 is 0 Å². The molecule has 0 aromatic heterocycles. The van der Waals surface area contributed by atoms with E-state index in [1.165, 1.54) is 6.08 Å². The Morgan fingerprint density at radius 3 is 3.00 bits per heavy atom. The molecule has 2 rings (SSSR count). The summed E-state index contributed by atoms with van der Waals surface area (Å²) in [6.45, 7) is 0. The second kappa shape index (κ2) is 2.94. The van der Waals surface area contributed by atoms with Gasteiger partial charge in [0.25, 0.3) is 5.91 Å². The van der Waals surface area contributed by atoms with Crippen LogP contribution in [0.25, 0.3) is 0 Å². The molecular weight excluding hydrogens is 166 g/mol. The van der Waals surface area contributed by atoms with E-state index >= 15 is 0 Å². The molecule has 0 radical (unpaired) electrons. The fourth-order valence-electron chi connectivity index (χ4n) is 1.42. The molecule has 0 saturated heterocycles. The first-order valence-electron chi connectivity index (χ1n) is 3.95. The van der Waals surface area contributed by atoms with Crippen molar-refractivity contribution in [3.63, 3.8) is 0 Å². The number of rotatable bonds is 1. The van der Waals surface area contributed by atoms with E-state index in [2.05, 4.69) is 4.99 Å². The van der Waals surface area contributed by atoms with Gasteiger partial charge in [-0.25, -0.2) is 4.99 Å². The summed E-state index contributed by atoms with van der Waals surface area (Å²) in [4.78, 5) is 25.4. The summed E-state index contributed by atoms with van der Waals surface area (Å²) >= 11 is 0. The van der Waals surface area contributed by atoms with Crippen LogP contribution < -0.4 is 0 Å². The molecule has 2 aliphatic rings. The Balaban J connectivity index is 2.45. The Hall–Kier alpha value is -1.77. The van der Waals surface area contributed by atoms with Crippen LogP contribution in [0.15, 0.2) is 40.9 Å². The van der Waals surface area contributed by atoms with E-state index in [0.29, 0.717) is 17.6 Å². The van der Waals surface area contributed by atoms with Crippen molar-refractivity contribution in [1.29, 1.82) is 0 Å². The van der Waals surface area contributed by atoms with E-state index in [0.717, 1.165) is 0 Å². The Morgan fingerprint density at radius 1 is 1.38 bits per heavy atom. The minimum absolute atomic E-state index is 0.125. The van der Waals surface area contributed by atoms with Gasteiger partial charge in [0.05, 0.1) is 5.71 Å². The zero-order valence-corrected chi connectivity index (χ0v) is 6.81. The van der Waals surface area contributed by atoms with E-state index in [1.807, 2.05) is 12.2 Å². The monoisotopic (exact) mass is 173 g/mol. The lowest BCUT2D eigenvalue weighted by atomic mass is 9.89. The number of nitrogens with zero attached hydrogens (tertiary/aromatic N) is 1. The van der Waals surface area contributed by atoms with Crippen molar-refractivity contribution < 1.29 is 9.59 Å². The Morgan fingerprint density at radius 2 is 2.23 bits per heavy atom. The van der Waals surface area contributed by atoms with E-state index in [9.17, 15) is 9.59 Å². The number of fused-ring (bicyclic) bond motifs is 1. The van der Waals surface area contributed by atoms with Crippen molar-refractivity contribution in [3.05, 3.63) is 36.0 Å². The lowest BCUT2D eigenvalue weighted by Crippen LogP contribution is -2.21. The summed E-state index contributed by atoms with van der Waals surface area (Å²) in [5, 5.41) is 0. The molecular formula is C10H7NO2. The molecule has 0 bridgehead atoms. The second-order valence-corrected chi connectivity index (χ2v) is 2.86. The third kappa shape index (κ3) is 1.28. The number of carbonyl (C=O) groups excluding carboxylic acids is 2. The molecule has 64 valence electrons. The van der Waals surface area contributed by atoms with Crippen molar-refractivity contribution in [2.24, 2.45) is 10.9 Å². The van der Waals surface area contributed by atoms with Gasteiger partial charge in [0.15, 0.2) is 0 Å². The highest BCUT2D eigenvalue weighted by molar-refractivity contribution is 6.15. The summed E-state index contributed by atoms with van der Waals surface area (Å²) in [7, 11) is 0. The summed E-state index contributed by atoms with van der Waals surface area (Å²) in [5.41, 5.74) is 1.13. The first-order valence-corrected chi connectivity index (χ1v) is 3.95. The fourth-order valence-corrected chi connectivity index (χ4v) is 1.42. The topological polar surface area (TPSA) is 46.5 Å². The van der Waals surface area contributed by atoms with Gasteiger partial charge in [-0.3, -0.25) is 9.59 Å². The van der Waals surface area contributed by atoms with Crippen molar-refractivity contribution in [2.45, 2.75) is 0 Å². The number of hydrogen-bond acceptors (Lipinski definition) is 2. The molecule has 1 aliphatic carbocycles. The van der Waals surface area contributed by atoms with Gasteiger partial charge in [-0.2, -0.15) is 0 Å². The van der Waals surface area contributed by atoms with Gasteiger partial charge in [0.1, 0.15) is 6.29 Å². The number of carbonyl (C=O) groups is 2. The van der Waals surface area contributed by atoms with Crippen LogP contribution in [0.1, 0.15) is 0 Å². The predicted octanol–water partition coefficient (Wildman–Crippen LogP) is 0.835. The number of dihydropyridines is 1. The van der Waals surface area contributed by atoms with E-state index in [1.54, 1.807) is 12.2 Å². The second-order valence-electron chi connectivity index (χ2n) is 2.86. The Kier molecular flexibility index (Phi) is 1.77. The molecule has 1 heterocycles. The van der Waals surface area contributed by atoms with Crippen LogP contribution in [0.4, 0.5) is 0 Å². The first-order chi connectivity index (χ1) is 6.31. The van der Waals surface area contributed by atoms with Crippen LogP contribution in [-0.4, -0.2) is 17.9 Å². The summed E-state index contributed by atoms with van der Waals surface area (Å²) in [5.74, 6) is -0.478. The number of amides is 1. The maximum atomic E-state index is 11.0. The Bertz CT molecular complexity index is 370. The average Bonchev–Trinajstić information content (AvgIpc) is 2.16. The van der Waals surface area contributed by atoms with Gasteiger partial charge < -0.3 is 0 Å². The molecule has 0 spiro atoms. The predicted molar refractivity (Wildman–Crippen MR) is 48.4 cm³/mol. The van der Waals surface area contributed by atoms with Crippen LogP contribution in [0.2, 0.25) is 0 Å². The Labute approximate surface area is 75.2 Å². The highest BCUT2D eigenvalue weighted by Gasteiger charge is 2.22. The standard InChI is InChI=1S/C10H7NO2/c12-6-7-5-10(13)11-9-4-2-1-3-8(7)9/h1-6,8H. The molecule has 1 amide bonds. The van der Waals surface area contributed by atoms with E-state index in [-0.39, 0.29) is 11.8 Å².